The first-order valence-corrected chi connectivity index (χ1v) is 9.33. The van der Waals surface area contributed by atoms with Crippen molar-refractivity contribution in [2.24, 2.45) is 0 Å². The van der Waals surface area contributed by atoms with Gasteiger partial charge in [-0.15, -0.1) is 0 Å². The third-order valence-corrected chi connectivity index (χ3v) is 4.78. The standard InChI is InChI=1S/C17H23F3N2O2S/c1-12-9-22(10-13(2)24-12)16(23)21-6-7-25-11-14-4-3-5-15(8-14)17(18,19)20/h3-5,8,12-13H,6-7,9-11H2,1-2H3,(H,21,23)/t12-,13-/m0/s1. The summed E-state index contributed by atoms with van der Waals surface area (Å²) < 4.78 is 43.6. The Labute approximate surface area is 150 Å². The second-order valence-corrected chi connectivity index (χ2v) is 7.25. The molecule has 0 unspecified atom stereocenters. The van der Waals surface area contributed by atoms with Gasteiger partial charge in [-0.3, -0.25) is 0 Å². The molecule has 0 aromatic heterocycles. The number of carbonyl (C=O) groups excluding carboxylic acids is 1. The molecule has 1 fully saturated rings. The normalized spacial score (nSPS) is 21.2. The van der Waals surface area contributed by atoms with Gasteiger partial charge < -0.3 is 15.0 Å². The summed E-state index contributed by atoms with van der Waals surface area (Å²) >= 11 is 1.49. The molecule has 1 heterocycles. The number of alkyl halides is 3. The number of benzene rings is 1. The van der Waals surface area contributed by atoms with Gasteiger partial charge in [0.1, 0.15) is 0 Å². The van der Waals surface area contributed by atoms with E-state index in [1.165, 1.54) is 23.9 Å². The van der Waals surface area contributed by atoms with Gasteiger partial charge in [-0.1, -0.05) is 18.2 Å². The maximum absolute atomic E-state index is 12.7. The van der Waals surface area contributed by atoms with E-state index in [4.69, 9.17) is 4.74 Å². The SMILES string of the molecule is C[C@H]1CN(C(=O)NCCSCc2cccc(C(F)(F)F)c2)C[C@H](C)O1. The lowest BCUT2D eigenvalue weighted by Gasteiger charge is -2.35. The van der Waals surface area contributed by atoms with Crippen LogP contribution in [0.25, 0.3) is 0 Å². The van der Waals surface area contributed by atoms with Crippen molar-refractivity contribution >= 4 is 17.8 Å². The minimum atomic E-state index is -4.32. The van der Waals surface area contributed by atoms with Gasteiger partial charge in [0.2, 0.25) is 0 Å². The molecule has 0 spiro atoms. The zero-order valence-corrected chi connectivity index (χ0v) is 15.1. The van der Waals surface area contributed by atoms with Crippen LogP contribution in [0.3, 0.4) is 0 Å². The number of hydrogen-bond donors (Lipinski definition) is 1. The fraction of sp³-hybridized carbons (Fsp3) is 0.588. The van der Waals surface area contributed by atoms with Crippen molar-refractivity contribution in [3.8, 4) is 0 Å². The smallest absolute Gasteiger partial charge is 0.372 e. The molecule has 2 atom stereocenters. The highest BCUT2D eigenvalue weighted by Crippen LogP contribution is 2.30. The molecule has 1 aromatic rings. The molecule has 1 aliphatic rings. The van der Waals surface area contributed by atoms with E-state index < -0.39 is 11.7 Å². The number of morpholine rings is 1. The number of halogens is 3. The topological polar surface area (TPSA) is 41.6 Å². The molecule has 1 aliphatic heterocycles. The summed E-state index contributed by atoms with van der Waals surface area (Å²) in [7, 11) is 0. The Bertz CT molecular complexity index is 573. The number of nitrogens with zero attached hydrogens (tertiary/aromatic N) is 1. The Hall–Kier alpha value is -1.41. The van der Waals surface area contributed by atoms with Crippen molar-refractivity contribution in [1.82, 2.24) is 10.2 Å². The summed E-state index contributed by atoms with van der Waals surface area (Å²) in [4.78, 5) is 13.8. The average Bonchev–Trinajstić information content (AvgIpc) is 2.53. The lowest BCUT2D eigenvalue weighted by atomic mass is 10.1. The molecule has 1 N–H and O–H groups in total. The number of urea groups is 1. The van der Waals surface area contributed by atoms with Crippen molar-refractivity contribution in [3.63, 3.8) is 0 Å². The minimum Gasteiger partial charge on any atom is -0.372 e. The Morgan fingerprint density at radius 1 is 1.32 bits per heavy atom. The Morgan fingerprint density at radius 3 is 2.64 bits per heavy atom. The summed E-state index contributed by atoms with van der Waals surface area (Å²) in [6, 6.07) is 5.21. The Balaban J connectivity index is 1.69. The van der Waals surface area contributed by atoms with Gasteiger partial charge >= 0.3 is 12.2 Å². The number of carbonyl (C=O) groups is 1. The summed E-state index contributed by atoms with van der Waals surface area (Å²) in [6.45, 7) is 5.46. The highest BCUT2D eigenvalue weighted by atomic mass is 32.2. The van der Waals surface area contributed by atoms with Gasteiger partial charge in [0, 0.05) is 31.1 Å². The van der Waals surface area contributed by atoms with Crippen molar-refractivity contribution in [2.45, 2.75) is 38.0 Å². The van der Waals surface area contributed by atoms with Crippen LogP contribution >= 0.6 is 11.8 Å². The quantitative estimate of drug-likeness (QED) is 0.796. The summed E-state index contributed by atoms with van der Waals surface area (Å²) in [5.74, 6) is 1.11. The zero-order chi connectivity index (χ0) is 18.4. The maximum atomic E-state index is 12.7. The summed E-state index contributed by atoms with van der Waals surface area (Å²) in [6.07, 6.45) is -4.28. The molecule has 140 valence electrons. The number of rotatable bonds is 5. The number of thioether (sulfide) groups is 1. The van der Waals surface area contributed by atoms with Crippen molar-refractivity contribution in [2.75, 3.05) is 25.4 Å². The number of amides is 2. The van der Waals surface area contributed by atoms with Crippen LogP contribution in [-0.4, -0.2) is 48.5 Å². The first kappa shape index (κ1) is 19.9. The van der Waals surface area contributed by atoms with E-state index in [9.17, 15) is 18.0 Å². The average molecular weight is 376 g/mol. The van der Waals surface area contributed by atoms with Crippen LogP contribution in [0, 0.1) is 0 Å². The van der Waals surface area contributed by atoms with Crippen LogP contribution < -0.4 is 5.32 Å². The molecule has 0 radical (unpaired) electrons. The first-order valence-electron chi connectivity index (χ1n) is 8.18. The summed E-state index contributed by atoms with van der Waals surface area (Å²) in [5.41, 5.74) is -0.00330. The van der Waals surface area contributed by atoms with Crippen LogP contribution in [0.15, 0.2) is 24.3 Å². The minimum absolute atomic E-state index is 0.0183. The van der Waals surface area contributed by atoms with E-state index >= 15 is 0 Å². The van der Waals surface area contributed by atoms with Crippen molar-refractivity contribution in [1.29, 1.82) is 0 Å². The lowest BCUT2D eigenvalue weighted by Crippen LogP contribution is -2.51. The third-order valence-electron chi connectivity index (χ3n) is 3.75. The zero-order valence-electron chi connectivity index (χ0n) is 14.3. The fourth-order valence-corrected chi connectivity index (χ4v) is 3.52. The van der Waals surface area contributed by atoms with E-state index in [1.54, 1.807) is 11.0 Å². The molecular weight excluding hydrogens is 353 g/mol. The van der Waals surface area contributed by atoms with Crippen molar-refractivity contribution in [3.05, 3.63) is 35.4 Å². The van der Waals surface area contributed by atoms with Gasteiger partial charge in [-0.2, -0.15) is 24.9 Å². The lowest BCUT2D eigenvalue weighted by molar-refractivity contribution is -0.137. The molecule has 2 rings (SSSR count). The molecule has 25 heavy (non-hydrogen) atoms. The molecule has 1 saturated heterocycles. The second kappa shape index (κ2) is 8.80. The van der Waals surface area contributed by atoms with Gasteiger partial charge in [0.05, 0.1) is 17.8 Å². The molecule has 8 heteroatoms. The van der Waals surface area contributed by atoms with E-state index in [0.717, 1.165) is 6.07 Å². The largest absolute Gasteiger partial charge is 0.416 e. The highest BCUT2D eigenvalue weighted by molar-refractivity contribution is 7.98. The van der Waals surface area contributed by atoms with Gasteiger partial charge in [0.25, 0.3) is 0 Å². The summed E-state index contributed by atoms with van der Waals surface area (Å²) in [5, 5.41) is 2.85. The molecule has 0 aliphatic carbocycles. The molecule has 0 saturated carbocycles. The Kier molecular flexibility index (Phi) is 7.01. The van der Waals surface area contributed by atoms with Gasteiger partial charge in [-0.05, 0) is 25.5 Å². The van der Waals surface area contributed by atoms with E-state index in [2.05, 4.69) is 5.32 Å². The monoisotopic (exact) mass is 376 g/mol. The van der Waals surface area contributed by atoms with Crippen molar-refractivity contribution < 1.29 is 22.7 Å². The molecule has 1 aromatic carbocycles. The maximum Gasteiger partial charge on any atom is 0.416 e. The van der Waals surface area contributed by atoms with E-state index in [0.29, 0.717) is 36.7 Å². The molecular formula is C17H23F3N2O2S. The predicted octanol–water partition coefficient (Wildman–Crippen LogP) is 3.76. The van der Waals surface area contributed by atoms with Gasteiger partial charge in [0.15, 0.2) is 0 Å². The number of nitrogens with one attached hydrogen (secondary N) is 1. The first-order chi connectivity index (χ1) is 11.8. The van der Waals surface area contributed by atoms with E-state index in [1.807, 2.05) is 13.8 Å². The third kappa shape index (κ3) is 6.43. The van der Waals surface area contributed by atoms with E-state index in [-0.39, 0.29) is 18.2 Å². The molecule has 2 amide bonds. The number of hydrogen-bond acceptors (Lipinski definition) is 3. The van der Waals surface area contributed by atoms with Crippen LogP contribution in [0.2, 0.25) is 0 Å². The van der Waals surface area contributed by atoms with Crippen LogP contribution in [0.4, 0.5) is 18.0 Å². The molecule has 0 bridgehead atoms. The Morgan fingerprint density at radius 2 is 2.00 bits per heavy atom. The number of ether oxygens (including phenoxy) is 1. The van der Waals surface area contributed by atoms with Gasteiger partial charge in [-0.25, -0.2) is 4.79 Å². The van der Waals surface area contributed by atoms with Crippen LogP contribution in [0.5, 0.6) is 0 Å². The highest BCUT2D eigenvalue weighted by Gasteiger charge is 2.30. The predicted molar refractivity (Wildman–Crippen MR) is 92.6 cm³/mol. The van der Waals surface area contributed by atoms with Crippen LogP contribution in [0.1, 0.15) is 25.0 Å². The van der Waals surface area contributed by atoms with Crippen LogP contribution in [-0.2, 0) is 16.7 Å². The second-order valence-electron chi connectivity index (χ2n) is 6.14. The fourth-order valence-electron chi connectivity index (χ4n) is 2.71. The molecule has 4 nitrogen and oxygen atoms in total.